The van der Waals surface area contributed by atoms with E-state index in [0.717, 1.165) is 22.9 Å². The molecular formula is C16H15BrN2O2. The van der Waals surface area contributed by atoms with Crippen LogP contribution in [0.1, 0.15) is 31.2 Å². The van der Waals surface area contributed by atoms with Gasteiger partial charge in [-0.3, -0.25) is 0 Å². The Morgan fingerprint density at radius 1 is 1.29 bits per heavy atom. The maximum Gasteiger partial charge on any atom is 0.175 e. The molecule has 0 bridgehead atoms. The summed E-state index contributed by atoms with van der Waals surface area (Å²) in [6, 6.07) is 7.27. The van der Waals surface area contributed by atoms with E-state index in [1.54, 1.807) is 13.2 Å². The molecule has 1 aromatic rings. The van der Waals surface area contributed by atoms with Crippen molar-refractivity contribution in [1.82, 2.24) is 0 Å². The molecule has 0 amide bonds. The number of nitrogens with zero attached hydrogens (tertiary/aromatic N) is 2. The second kappa shape index (κ2) is 7.15. The van der Waals surface area contributed by atoms with Crippen molar-refractivity contribution in [2.75, 3.05) is 7.11 Å². The van der Waals surface area contributed by atoms with E-state index in [1.807, 2.05) is 18.2 Å². The number of methoxy groups -OCH3 is 1. The molecule has 0 spiro atoms. The van der Waals surface area contributed by atoms with Crippen LogP contribution in [0.4, 0.5) is 0 Å². The average molecular weight is 347 g/mol. The smallest absolute Gasteiger partial charge is 0.175 e. The minimum atomic E-state index is 0.0495. The molecule has 0 radical (unpaired) electrons. The fraction of sp³-hybridized carbons (Fsp3) is 0.375. The highest BCUT2D eigenvalue weighted by molar-refractivity contribution is 9.10. The van der Waals surface area contributed by atoms with Crippen LogP contribution < -0.4 is 9.47 Å². The molecule has 1 fully saturated rings. The van der Waals surface area contributed by atoms with Gasteiger partial charge in [0.2, 0.25) is 0 Å². The van der Waals surface area contributed by atoms with Gasteiger partial charge >= 0.3 is 0 Å². The maximum atomic E-state index is 8.82. The molecule has 0 aromatic heterocycles. The largest absolute Gasteiger partial charge is 0.493 e. The first-order valence-corrected chi connectivity index (χ1v) is 7.53. The molecule has 2 rings (SSSR count). The lowest BCUT2D eigenvalue weighted by Gasteiger charge is -2.17. The van der Waals surface area contributed by atoms with E-state index in [-0.39, 0.29) is 11.7 Å². The molecule has 4 nitrogen and oxygen atoms in total. The number of halogens is 1. The zero-order valence-electron chi connectivity index (χ0n) is 11.7. The van der Waals surface area contributed by atoms with Gasteiger partial charge in [0.05, 0.1) is 17.7 Å². The van der Waals surface area contributed by atoms with E-state index in [2.05, 4.69) is 15.9 Å². The number of hydrogen-bond donors (Lipinski definition) is 0. The Labute approximate surface area is 132 Å². The molecule has 1 aromatic carbocycles. The van der Waals surface area contributed by atoms with Gasteiger partial charge in [-0.05, 0) is 65.4 Å². The van der Waals surface area contributed by atoms with E-state index in [4.69, 9.17) is 20.0 Å². The quantitative estimate of drug-likeness (QED) is 0.766. The molecule has 5 heteroatoms. The number of ether oxygens (including phenoxy) is 2. The Hall–Kier alpha value is -1.98. The van der Waals surface area contributed by atoms with Crippen LogP contribution in [0.15, 0.2) is 22.2 Å². The number of rotatable bonds is 4. The molecule has 21 heavy (non-hydrogen) atoms. The van der Waals surface area contributed by atoms with E-state index < -0.39 is 0 Å². The molecule has 0 heterocycles. The zero-order valence-corrected chi connectivity index (χ0v) is 13.3. The summed E-state index contributed by atoms with van der Waals surface area (Å²) in [7, 11) is 1.58. The lowest BCUT2D eigenvalue weighted by molar-refractivity contribution is 0.199. The molecule has 0 aliphatic heterocycles. The van der Waals surface area contributed by atoms with Crippen molar-refractivity contribution in [3.8, 4) is 23.6 Å². The van der Waals surface area contributed by atoms with Crippen LogP contribution in [0, 0.1) is 22.7 Å². The number of allylic oxidation sites excluding steroid dienone is 1. The van der Waals surface area contributed by atoms with Gasteiger partial charge < -0.3 is 9.47 Å². The molecular weight excluding hydrogens is 332 g/mol. The minimum Gasteiger partial charge on any atom is -0.493 e. The van der Waals surface area contributed by atoms with Crippen LogP contribution in [0.25, 0.3) is 6.08 Å². The van der Waals surface area contributed by atoms with Crippen LogP contribution in [0.3, 0.4) is 0 Å². The van der Waals surface area contributed by atoms with Gasteiger partial charge in [0.15, 0.2) is 11.5 Å². The van der Waals surface area contributed by atoms with Crippen molar-refractivity contribution in [3.63, 3.8) is 0 Å². The Morgan fingerprint density at radius 3 is 2.52 bits per heavy atom. The number of nitriles is 2. The predicted molar refractivity (Wildman–Crippen MR) is 82.8 cm³/mol. The molecule has 1 aliphatic carbocycles. The predicted octanol–water partition coefficient (Wildman–Crippen LogP) is 4.21. The monoisotopic (exact) mass is 346 g/mol. The summed E-state index contributed by atoms with van der Waals surface area (Å²) in [6.45, 7) is 0. The highest BCUT2D eigenvalue weighted by atomic mass is 79.9. The van der Waals surface area contributed by atoms with Gasteiger partial charge in [-0.2, -0.15) is 10.5 Å². The minimum absolute atomic E-state index is 0.0495. The third kappa shape index (κ3) is 3.77. The van der Waals surface area contributed by atoms with Crippen LogP contribution in [0.5, 0.6) is 11.5 Å². The fourth-order valence-corrected chi connectivity index (χ4v) is 2.92. The van der Waals surface area contributed by atoms with Crippen molar-refractivity contribution in [2.24, 2.45) is 0 Å². The lowest BCUT2D eigenvalue weighted by atomic mass is 10.1. The van der Waals surface area contributed by atoms with Crippen molar-refractivity contribution in [2.45, 2.75) is 31.8 Å². The first-order chi connectivity index (χ1) is 10.2. The summed E-state index contributed by atoms with van der Waals surface area (Å²) in [5.41, 5.74) is 0.768. The number of hydrogen-bond acceptors (Lipinski definition) is 4. The number of benzene rings is 1. The maximum absolute atomic E-state index is 8.82. The van der Waals surface area contributed by atoms with Gasteiger partial charge in [-0.15, -0.1) is 0 Å². The summed E-state index contributed by atoms with van der Waals surface area (Å²) >= 11 is 3.48. The molecule has 0 saturated heterocycles. The highest BCUT2D eigenvalue weighted by Gasteiger charge is 2.20. The van der Waals surface area contributed by atoms with Crippen LogP contribution in [0.2, 0.25) is 0 Å². The van der Waals surface area contributed by atoms with Crippen molar-refractivity contribution >= 4 is 22.0 Å². The molecule has 0 atom stereocenters. The Balaban J connectivity index is 2.33. The summed E-state index contributed by atoms with van der Waals surface area (Å²) in [4.78, 5) is 0. The second-order valence-corrected chi connectivity index (χ2v) is 5.69. The van der Waals surface area contributed by atoms with Crippen LogP contribution in [-0.2, 0) is 0 Å². The fourth-order valence-electron chi connectivity index (χ4n) is 2.37. The Kier molecular flexibility index (Phi) is 5.25. The molecule has 0 unspecified atom stereocenters. The summed E-state index contributed by atoms with van der Waals surface area (Å²) in [6.07, 6.45) is 6.25. The summed E-state index contributed by atoms with van der Waals surface area (Å²) in [5, 5.41) is 17.6. The van der Waals surface area contributed by atoms with Gasteiger partial charge in [0, 0.05) is 0 Å². The Bertz CT molecular complexity index is 619. The van der Waals surface area contributed by atoms with Gasteiger partial charge in [0.1, 0.15) is 17.7 Å². The van der Waals surface area contributed by atoms with E-state index in [0.29, 0.717) is 11.5 Å². The third-order valence-corrected chi connectivity index (χ3v) is 3.98. The highest BCUT2D eigenvalue weighted by Crippen LogP contribution is 2.39. The van der Waals surface area contributed by atoms with Crippen molar-refractivity contribution in [1.29, 1.82) is 10.5 Å². The van der Waals surface area contributed by atoms with Crippen LogP contribution in [-0.4, -0.2) is 13.2 Å². The topological polar surface area (TPSA) is 66.0 Å². The molecule has 1 saturated carbocycles. The third-order valence-electron chi connectivity index (χ3n) is 3.39. The molecule has 1 aliphatic rings. The standard InChI is InChI=1S/C16H15BrN2O2/c1-20-15-8-11(6-12(9-18)10-19)7-14(17)16(15)21-13-4-2-3-5-13/h6-8,13H,2-5H2,1H3. The lowest BCUT2D eigenvalue weighted by Crippen LogP contribution is -2.12. The normalized spacial score (nSPS) is 14.1. The van der Waals surface area contributed by atoms with E-state index >= 15 is 0 Å². The van der Waals surface area contributed by atoms with Crippen molar-refractivity contribution in [3.05, 3.63) is 27.7 Å². The average Bonchev–Trinajstić information content (AvgIpc) is 3.00. The zero-order chi connectivity index (χ0) is 15.2. The SMILES string of the molecule is COc1cc(C=C(C#N)C#N)cc(Br)c1OC1CCCC1. The molecule has 108 valence electrons. The summed E-state index contributed by atoms with van der Waals surface area (Å²) in [5.74, 6) is 1.27. The summed E-state index contributed by atoms with van der Waals surface area (Å²) < 4.78 is 12.2. The van der Waals surface area contributed by atoms with E-state index in [1.165, 1.54) is 18.9 Å². The first-order valence-electron chi connectivity index (χ1n) is 6.74. The van der Waals surface area contributed by atoms with E-state index in [9.17, 15) is 0 Å². The van der Waals surface area contributed by atoms with Gasteiger partial charge in [0.25, 0.3) is 0 Å². The van der Waals surface area contributed by atoms with Crippen LogP contribution >= 0.6 is 15.9 Å². The first kappa shape index (κ1) is 15.4. The molecule has 0 N–H and O–H groups in total. The van der Waals surface area contributed by atoms with Gasteiger partial charge in [-0.1, -0.05) is 0 Å². The Morgan fingerprint density at radius 2 is 1.95 bits per heavy atom. The van der Waals surface area contributed by atoms with Crippen molar-refractivity contribution < 1.29 is 9.47 Å². The second-order valence-electron chi connectivity index (χ2n) is 4.84. The van der Waals surface area contributed by atoms with Gasteiger partial charge in [-0.25, -0.2) is 0 Å².